The fraction of sp³-hybridized carbons (Fsp3) is 0.562. The van der Waals surface area contributed by atoms with Crippen molar-refractivity contribution in [1.82, 2.24) is 4.90 Å². The van der Waals surface area contributed by atoms with Crippen LogP contribution in [0.25, 0.3) is 0 Å². The van der Waals surface area contributed by atoms with Crippen molar-refractivity contribution in [2.24, 2.45) is 11.3 Å². The van der Waals surface area contributed by atoms with Gasteiger partial charge in [-0.2, -0.15) is 0 Å². The molecule has 20 heavy (non-hydrogen) atoms. The molecule has 1 amide bonds. The molecule has 1 aromatic carbocycles. The van der Waals surface area contributed by atoms with Crippen molar-refractivity contribution in [3.8, 4) is 0 Å². The molecule has 0 saturated carbocycles. The summed E-state index contributed by atoms with van der Waals surface area (Å²) >= 11 is 0. The average Bonchev–Trinajstić information content (AvgIpc) is 2.73. The predicted octanol–water partition coefficient (Wildman–Crippen LogP) is 2.66. The van der Waals surface area contributed by atoms with Crippen LogP contribution in [0.4, 0.5) is 4.79 Å². The number of nitrogens with zero attached hydrogens (tertiary/aromatic N) is 1. The highest BCUT2D eigenvalue weighted by Crippen LogP contribution is 2.37. The molecule has 1 fully saturated rings. The minimum absolute atomic E-state index is 0.0834. The molecule has 110 valence electrons. The van der Waals surface area contributed by atoms with Gasteiger partial charge >= 0.3 is 6.09 Å². The number of hydrogen-bond acceptors (Lipinski definition) is 3. The molecule has 2 rings (SSSR count). The zero-order chi connectivity index (χ0) is 14.8. The van der Waals surface area contributed by atoms with Gasteiger partial charge in [-0.1, -0.05) is 44.2 Å². The van der Waals surface area contributed by atoms with Crippen LogP contribution in [0.5, 0.6) is 0 Å². The molecule has 0 bridgehead atoms. The van der Waals surface area contributed by atoms with Crippen molar-refractivity contribution in [3.05, 3.63) is 35.9 Å². The number of aliphatic hydroxyl groups excluding tert-OH is 1. The molecule has 2 atom stereocenters. The molecular formula is C16H23NO3. The number of likely N-dealkylation sites (tertiary alicyclic amines) is 1. The number of aliphatic hydroxyl groups is 1. The molecule has 1 aromatic rings. The van der Waals surface area contributed by atoms with Crippen LogP contribution in [0.1, 0.15) is 26.3 Å². The Hall–Kier alpha value is -1.55. The second-order valence-electron chi connectivity index (χ2n) is 6.26. The molecule has 0 radical (unpaired) electrons. The lowest BCUT2D eigenvalue weighted by molar-refractivity contribution is 0.0781. The van der Waals surface area contributed by atoms with Gasteiger partial charge in [-0.05, 0) is 17.9 Å². The van der Waals surface area contributed by atoms with Gasteiger partial charge in [-0.3, -0.25) is 0 Å². The van der Waals surface area contributed by atoms with E-state index in [1.807, 2.05) is 30.3 Å². The van der Waals surface area contributed by atoms with Crippen LogP contribution in [0, 0.1) is 11.3 Å². The summed E-state index contributed by atoms with van der Waals surface area (Å²) < 4.78 is 5.34. The van der Waals surface area contributed by atoms with Crippen LogP contribution in [-0.2, 0) is 11.3 Å². The van der Waals surface area contributed by atoms with Crippen molar-refractivity contribution in [1.29, 1.82) is 0 Å². The molecule has 1 aliphatic rings. The van der Waals surface area contributed by atoms with Crippen LogP contribution in [0.2, 0.25) is 0 Å². The van der Waals surface area contributed by atoms with E-state index in [-0.39, 0.29) is 24.0 Å². The summed E-state index contributed by atoms with van der Waals surface area (Å²) in [6, 6.07) is 9.64. The summed E-state index contributed by atoms with van der Waals surface area (Å²) in [6.45, 7) is 7.40. The second-order valence-corrected chi connectivity index (χ2v) is 6.26. The zero-order valence-electron chi connectivity index (χ0n) is 12.4. The third-order valence-corrected chi connectivity index (χ3v) is 4.06. The summed E-state index contributed by atoms with van der Waals surface area (Å²) in [7, 11) is 0. The Bertz CT molecular complexity index is 456. The normalized spacial score (nSPS) is 22.6. The maximum atomic E-state index is 12.1. The van der Waals surface area contributed by atoms with Gasteiger partial charge in [0, 0.05) is 19.0 Å². The topological polar surface area (TPSA) is 49.8 Å². The fourth-order valence-electron chi connectivity index (χ4n) is 2.91. The summed E-state index contributed by atoms with van der Waals surface area (Å²) in [5.74, 6) is 0.0896. The zero-order valence-corrected chi connectivity index (χ0v) is 12.4. The monoisotopic (exact) mass is 277 g/mol. The van der Waals surface area contributed by atoms with Gasteiger partial charge in [0.15, 0.2) is 0 Å². The number of hydrogen-bond donors (Lipinski definition) is 1. The number of amides is 1. The van der Waals surface area contributed by atoms with E-state index in [1.54, 1.807) is 11.8 Å². The lowest BCUT2D eigenvalue weighted by Crippen LogP contribution is -2.30. The minimum atomic E-state index is -0.420. The fourth-order valence-corrected chi connectivity index (χ4v) is 2.91. The van der Waals surface area contributed by atoms with E-state index in [9.17, 15) is 9.90 Å². The van der Waals surface area contributed by atoms with Crippen LogP contribution in [0.15, 0.2) is 30.3 Å². The Kier molecular flexibility index (Phi) is 4.33. The molecule has 0 aliphatic carbocycles. The summed E-state index contributed by atoms with van der Waals surface area (Å²) in [4.78, 5) is 13.8. The van der Waals surface area contributed by atoms with Crippen molar-refractivity contribution in [2.45, 2.75) is 33.5 Å². The Labute approximate surface area is 120 Å². The highest BCUT2D eigenvalue weighted by atomic mass is 16.6. The highest BCUT2D eigenvalue weighted by Gasteiger charge is 2.43. The first-order valence-corrected chi connectivity index (χ1v) is 7.04. The van der Waals surface area contributed by atoms with Gasteiger partial charge in [0.2, 0.25) is 0 Å². The minimum Gasteiger partial charge on any atom is -0.445 e. The molecule has 1 heterocycles. The van der Waals surface area contributed by atoms with E-state index < -0.39 is 6.10 Å². The molecule has 2 unspecified atom stereocenters. The van der Waals surface area contributed by atoms with Crippen LogP contribution < -0.4 is 0 Å². The lowest BCUT2D eigenvalue weighted by Gasteiger charge is -2.27. The standard InChI is InChI=1S/C16H23NO3/c1-12(18)14-9-17(11-16(14,2)3)15(19)20-10-13-7-5-4-6-8-13/h4-8,12,14,18H,9-11H2,1-3H3. The molecule has 1 saturated heterocycles. The van der Waals surface area contributed by atoms with E-state index in [0.29, 0.717) is 13.1 Å². The SMILES string of the molecule is CC(O)C1CN(C(=O)OCc2ccccc2)CC1(C)C. The first-order valence-electron chi connectivity index (χ1n) is 7.04. The Balaban J connectivity index is 1.91. The van der Waals surface area contributed by atoms with E-state index in [1.165, 1.54) is 0 Å². The molecule has 1 aliphatic heterocycles. The van der Waals surface area contributed by atoms with Crippen LogP contribution in [0.3, 0.4) is 0 Å². The maximum absolute atomic E-state index is 12.1. The third-order valence-electron chi connectivity index (χ3n) is 4.06. The van der Waals surface area contributed by atoms with E-state index in [2.05, 4.69) is 13.8 Å². The largest absolute Gasteiger partial charge is 0.445 e. The molecule has 4 nitrogen and oxygen atoms in total. The molecule has 0 spiro atoms. The first-order chi connectivity index (χ1) is 9.40. The van der Waals surface area contributed by atoms with E-state index >= 15 is 0 Å². The van der Waals surface area contributed by atoms with Crippen molar-refractivity contribution < 1.29 is 14.6 Å². The Morgan fingerprint density at radius 1 is 1.45 bits per heavy atom. The predicted molar refractivity (Wildman–Crippen MR) is 77.2 cm³/mol. The van der Waals surface area contributed by atoms with Gasteiger partial charge in [0.05, 0.1) is 6.10 Å². The Morgan fingerprint density at radius 3 is 2.65 bits per heavy atom. The van der Waals surface area contributed by atoms with E-state index in [4.69, 9.17) is 4.74 Å². The number of carbonyl (C=O) groups is 1. The van der Waals surface area contributed by atoms with Gasteiger partial charge in [-0.25, -0.2) is 4.79 Å². The van der Waals surface area contributed by atoms with E-state index in [0.717, 1.165) is 5.56 Å². The van der Waals surface area contributed by atoms with Gasteiger partial charge < -0.3 is 14.7 Å². The number of carbonyl (C=O) groups excluding carboxylic acids is 1. The average molecular weight is 277 g/mol. The van der Waals surface area contributed by atoms with Gasteiger partial charge in [0.1, 0.15) is 6.61 Å². The lowest BCUT2D eigenvalue weighted by atomic mass is 9.79. The van der Waals surface area contributed by atoms with Crippen molar-refractivity contribution >= 4 is 6.09 Å². The third kappa shape index (κ3) is 3.31. The highest BCUT2D eigenvalue weighted by molar-refractivity contribution is 5.68. The molecule has 0 aromatic heterocycles. The number of benzene rings is 1. The molecular weight excluding hydrogens is 254 g/mol. The van der Waals surface area contributed by atoms with Gasteiger partial charge in [-0.15, -0.1) is 0 Å². The summed E-state index contributed by atoms with van der Waals surface area (Å²) in [6.07, 6.45) is -0.720. The smallest absolute Gasteiger partial charge is 0.410 e. The summed E-state index contributed by atoms with van der Waals surface area (Å²) in [5, 5.41) is 9.82. The first kappa shape index (κ1) is 14.9. The number of ether oxygens (including phenoxy) is 1. The van der Waals surface area contributed by atoms with Gasteiger partial charge in [0.25, 0.3) is 0 Å². The molecule has 1 N–H and O–H groups in total. The van der Waals surface area contributed by atoms with Crippen LogP contribution in [-0.4, -0.2) is 35.3 Å². The maximum Gasteiger partial charge on any atom is 0.410 e. The summed E-state index contributed by atoms with van der Waals surface area (Å²) in [5.41, 5.74) is 0.895. The molecule has 4 heteroatoms. The Morgan fingerprint density at radius 2 is 2.10 bits per heavy atom. The van der Waals surface area contributed by atoms with Crippen LogP contribution >= 0.6 is 0 Å². The van der Waals surface area contributed by atoms with Crippen molar-refractivity contribution in [3.63, 3.8) is 0 Å². The van der Waals surface area contributed by atoms with Crippen molar-refractivity contribution in [2.75, 3.05) is 13.1 Å². The second kappa shape index (κ2) is 5.83. The number of rotatable bonds is 3. The quantitative estimate of drug-likeness (QED) is 0.924.